The van der Waals surface area contributed by atoms with Crippen molar-refractivity contribution in [3.63, 3.8) is 0 Å². The fraction of sp³-hybridized carbons (Fsp3) is 0.368. The fourth-order valence-corrected chi connectivity index (χ4v) is 3.09. The highest BCUT2D eigenvalue weighted by Crippen LogP contribution is 2.22. The Balaban J connectivity index is 1.60. The standard InChI is InChI=1S/C19H22O5S/c1-25-15-8-4-13(5-9-15)10-12-2-6-14(7-3-12)24-19-18(22)17(21)16(20)11-23-19/h2-9,16-22H,10-11H2,1H3/t16-,17-,18+,19+/m0/s1. The van der Waals surface area contributed by atoms with E-state index in [0.717, 1.165) is 12.0 Å². The van der Waals surface area contributed by atoms with E-state index in [0.29, 0.717) is 5.75 Å². The van der Waals surface area contributed by atoms with Gasteiger partial charge in [-0.05, 0) is 48.1 Å². The number of benzene rings is 2. The molecule has 134 valence electrons. The summed E-state index contributed by atoms with van der Waals surface area (Å²) < 4.78 is 10.8. The largest absolute Gasteiger partial charge is 0.462 e. The van der Waals surface area contributed by atoms with E-state index in [1.54, 1.807) is 23.9 Å². The maximum atomic E-state index is 9.90. The van der Waals surface area contributed by atoms with Crippen LogP contribution in [0.5, 0.6) is 5.75 Å². The second kappa shape index (κ2) is 8.21. The van der Waals surface area contributed by atoms with Crippen molar-refractivity contribution < 1.29 is 24.8 Å². The Hall–Kier alpha value is -1.57. The van der Waals surface area contributed by atoms with Crippen LogP contribution < -0.4 is 4.74 Å². The zero-order chi connectivity index (χ0) is 17.8. The van der Waals surface area contributed by atoms with Gasteiger partial charge in [0.05, 0.1) is 6.61 Å². The molecule has 0 amide bonds. The molecule has 0 saturated carbocycles. The Morgan fingerprint density at radius 1 is 0.960 bits per heavy atom. The molecular formula is C19H22O5S. The number of hydrogen-bond donors (Lipinski definition) is 3. The normalized spacial score (nSPS) is 26.4. The van der Waals surface area contributed by atoms with E-state index in [4.69, 9.17) is 9.47 Å². The summed E-state index contributed by atoms with van der Waals surface area (Å²) in [6, 6.07) is 16.0. The Morgan fingerprint density at radius 2 is 1.56 bits per heavy atom. The van der Waals surface area contributed by atoms with E-state index in [-0.39, 0.29) is 6.61 Å². The van der Waals surface area contributed by atoms with Gasteiger partial charge in [-0.3, -0.25) is 0 Å². The third-order valence-corrected chi connectivity index (χ3v) is 4.94. The molecule has 5 nitrogen and oxygen atoms in total. The van der Waals surface area contributed by atoms with Gasteiger partial charge in [0.2, 0.25) is 6.29 Å². The van der Waals surface area contributed by atoms with Crippen LogP contribution in [-0.2, 0) is 11.2 Å². The van der Waals surface area contributed by atoms with Crippen LogP contribution in [0.25, 0.3) is 0 Å². The lowest BCUT2D eigenvalue weighted by atomic mass is 10.0. The summed E-state index contributed by atoms with van der Waals surface area (Å²) in [5.74, 6) is 0.536. The van der Waals surface area contributed by atoms with E-state index in [1.165, 1.54) is 10.5 Å². The number of hydrogen-bond acceptors (Lipinski definition) is 6. The van der Waals surface area contributed by atoms with Gasteiger partial charge in [-0.1, -0.05) is 24.3 Å². The van der Waals surface area contributed by atoms with Crippen LogP contribution in [0, 0.1) is 0 Å². The average molecular weight is 362 g/mol. The minimum atomic E-state index is -1.29. The summed E-state index contributed by atoms with van der Waals surface area (Å²) in [6.45, 7) is -0.0764. The number of aliphatic hydroxyl groups is 3. The molecule has 0 radical (unpaired) electrons. The highest BCUT2D eigenvalue weighted by molar-refractivity contribution is 7.98. The summed E-state index contributed by atoms with van der Waals surface area (Å²) in [5.41, 5.74) is 2.37. The van der Waals surface area contributed by atoms with Crippen LogP contribution in [0.1, 0.15) is 11.1 Å². The molecule has 0 aliphatic carbocycles. The van der Waals surface area contributed by atoms with Crippen molar-refractivity contribution in [2.45, 2.75) is 35.9 Å². The lowest BCUT2D eigenvalue weighted by molar-refractivity contribution is -0.242. The van der Waals surface area contributed by atoms with Gasteiger partial charge < -0.3 is 24.8 Å². The molecule has 0 spiro atoms. The lowest BCUT2D eigenvalue weighted by Gasteiger charge is -2.34. The monoisotopic (exact) mass is 362 g/mol. The maximum Gasteiger partial charge on any atom is 0.228 e. The summed E-state index contributed by atoms with van der Waals surface area (Å²) in [7, 11) is 0. The first kappa shape index (κ1) is 18.2. The molecule has 4 atom stereocenters. The molecule has 1 aliphatic rings. The molecule has 0 aromatic heterocycles. The summed E-state index contributed by atoms with van der Waals surface area (Å²) in [4.78, 5) is 1.24. The van der Waals surface area contributed by atoms with Crippen LogP contribution >= 0.6 is 11.8 Å². The predicted molar refractivity (Wildman–Crippen MR) is 95.9 cm³/mol. The number of aliphatic hydroxyl groups excluding tert-OH is 3. The molecular weight excluding hydrogens is 340 g/mol. The predicted octanol–water partition coefficient (Wildman–Crippen LogP) is 1.82. The Labute approximate surface area is 151 Å². The van der Waals surface area contributed by atoms with Crippen LogP contribution in [-0.4, -0.2) is 52.8 Å². The molecule has 0 unspecified atom stereocenters. The highest BCUT2D eigenvalue weighted by Gasteiger charge is 2.38. The molecule has 1 fully saturated rings. The SMILES string of the molecule is CSc1ccc(Cc2ccc(O[C@H]3OC[C@H](O)[C@H](O)[C@H]3O)cc2)cc1. The van der Waals surface area contributed by atoms with Crippen molar-refractivity contribution in [2.75, 3.05) is 12.9 Å². The van der Waals surface area contributed by atoms with Gasteiger partial charge in [0, 0.05) is 4.90 Å². The molecule has 6 heteroatoms. The maximum absolute atomic E-state index is 9.90. The number of ether oxygens (including phenoxy) is 2. The molecule has 2 aromatic rings. The second-order valence-corrected chi connectivity index (χ2v) is 6.92. The zero-order valence-corrected chi connectivity index (χ0v) is 14.7. The molecule has 1 aliphatic heterocycles. The number of thioether (sulfide) groups is 1. The van der Waals surface area contributed by atoms with Crippen molar-refractivity contribution in [2.24, 2.45) is 0 Å². The molecule has 25 heavy (non-hydrogen) atoms. The van der Waals surface area contributed by atoms with E-state index in [1.807, 2.05) is 12.1 Å². The third kappa shape index (κ3) is 4.54. The van der Waals surface area contributed by atoms with Crippen LogP contribution in [0.2, 0.25) is 0 Å². The van der Waals surface area contributed by atoms with E-state index >= 15 is 0 Å². The first-order chi connectivity index (χ1) is 12.1. The molecule has 1 saturated heterocycles. The second-order valence-electron chi connectivity index (χ2n) is 6.04. The van der Waals surface area contributed by atoms with Crippen molar-refractivity contribution in [1.29, 1.82) is 0 Å². The molecule has 2 aromatic carbocycles. The fourth-order valence-electron chi connectivity index (χ4n) is 2.68. The van der Waals surface area contributed by atoms with Crippen LogP contribution in [0.15, 0.2) is 53.4 Å². The van der Waals surface area contributed by atoms with E-state index in [9.17, 15) is 15.3 Å². The summed E-state index contributed by atoms with van der Waals surface area (Å²) >= 11 is 1.72. The first-order valence-corrected chi connectivity index (χ1v) is 9.33. The van der Waals surface area contributed by atoms with E-state index < -0.39 is 24.6 Å². The minimum Gasteiger partial charge on any atom is -0.462 e. The van der Waals surface area contributed by atoms with Gasteiger partial charge in [0.1, 0.15) is 24.1 Å². The molecule has 3 rings (SSSR count). The van der Waals surface area contributed by atoms with Crippen LogP contribution in [0.4, 0.5) is 0 Å². The van der Waals surface area contributed by atoms with Crippen molar-refractivity contribution in [1.82, 2.24) is 0 Å². The third-order valence-electron chi connectivity index (χ3n) is 4.20. The molecule has 1 heterocycles. The van der Waals surface area contributed by atoms with Crippen molar-refractivity contribution in [3.05, 3.63) is 59.7 Å². The van der Waals surface area contributed by atoms with Gasteiger partial charge in [0.25, 0.3) is 0 Å². The Kier molecular flexibility index (Phi) is 5.98. The van der Waals surface area contributed by atoms with E-state index in [2.05, 4.69) is 30.5 Å². The van der Waals surface area contributed by atoms with Gasteiger partial charge in [-0.2, -0.15) is 0 Å². The quantitative estimate of drug-likeness (QED) is 0.704. The summed E-state index contributed by atoms with van der Waals surface area (Å²) in [5, 5.41) is 29.0. The van der Waals surface area contributed by atoms with Gasteiger partial charge >= 0.3 is 0 Å². The Bertz CT molecular complexity index is 673. The van der Waals surface area contributed by atoms with Crippen molar-refractivity contribution >= 4 is 11.8 Å². The number of rotatable bonds is 5. The zero-order valence-electron chi connectivity index (χ0n) is 13.9. The topological polar surface area (TPSA) is 79.2 Å². The van der Waals surface area contributed by atoms with Gasteiger partial charge in [0.15, 0.2) is 0 Å². The smallest absolute Gasteiger partial charge is 0.228 e. The summed E-state index contributed by atoms with van der Waals surface area (Å²) in [6.07, 6.45) is -1.79. The highest BCUT2D eigenvalue weighted by atomic mass is 32.2. The average Bonchev–Trinajstić information content (AvgIpc) is 2.64. The first-order valence-electron chi connectivity index (χ1n) is 8.11. The van der Waals surface area contributed by atoms with Crippen LogP contribution in [0.3, 0.4) is 0 Å². The minimum absolute atomic E-state index is 0.0764. The lowest BCUT2D eigenvalue weighted by Crippen LogP contribution is -2.54. The van der Waals surface area contributed by atoms with Gasteiger partial charge in [-0.25, -0.2) is 0 Å². The Morgan fingerprint density at radius 3 is 2.16 bits per heavy atom. The molecule has 0 bridgehead atoms. The van der Waals surface area contributed by atoms with Crippen molar-refractivity contribution in [3.8, 4) is 5.75 Å². The molecule has 3 N–H and O–H groups in total. The van der Waals surface area contributed by atoms with Gasteiger partial charge in [-0.15, -0.1) is 11.8 Å².